The number of rotatable bonds is 8. The minimum Gasteiger partial charge on any atom is -0.495 e. The van der Waals surface area contributed by atoms with E-state index in [0.717, 1.165) is 34.0 Å². The number of amides is 1. The van der Waals surface area contributed by atoms with Crippen molar-refractivity contribution in [3.05, 3.63) is 81.0 Å². The van der Waals surface area contributed by atoms with Gasteiger partial charge in [-0.2, -0.15) is 0 Å². The third kappa shape index (κ3) is 4.97. The Hall–Kier alpha value is -2.70. The molecule has 31 heavy (non-hydrogen) atoms. The minimum absolute atomic E-state index is 0.265. The summed E-state index contributed by atoms with van der Waals surface area (Å²) >= 11 is 8.21. The molecular formula is C24H26ClN3O2S. The highest BCUT2D eigenvalue weighted by molar-refractivity contribution is 8.03. The fourth-order valence-corrected chi connectivity index (χ4v) is 4.78. The first-order valence-electron chi connectivity index (χ1n) is 10.1. The number of hydrogen-bond donors (Lipinski definition) is 3. The number of dihydropyridines is 1. The van der Waals surface area contributed by atoms with E-state index in [1.165, 1.54) is 6.21 Å². The van der Waals surface area contributed by atoms with E-state index in [4.69, 9.17) is 21.7 Å². The Morgan fingerprint density at radius 3 is 2.65 bits per heavy atom. The summed E-state index contributed by atoms with van der Waals surface area (Å²) in [5.74, 6) is 0.763. The Labute approximate surface area is 192 Å². The largest absolute Gasteiger partial charge is 0.495 e. The molecule has 1 heterocycles. The Morgan fingerprint density at radius 2 is 1.97 bits per heavy atom. The third-order valence-corrected chi connectivity index (χ3v) is 6.57. The van der Waals surface area contributed by atoms with E-state index in [0.29, 0.717) is 22.0 Å². The van der Waals surface area contributed by atoms with Gasteiger partial charge in [0.15, 0.2) is 0 Å². The highest BCUT2D eigenvalue weighted by Gasteiger charge is 2.34. The average Bonchev–Trinajstić information content (AvgIpc) is 2.77. The van der Waals surface area contributed by atoms with Crippen molar-refractivity contribution >= 4 is 41.2 Å². The molecule has 1 unspecified atom stereocenters. The predicted molar refractivity (Wildman–Crippen MR) is 130 cm³/mol. The zero-order valence-electron chi connectivity index (χ0n) is 17.8. The van der Waals surface area contributed by atoms with Crippen LogP contribution in [-0.4, -0.2) is 25.0 Å². The first-order valence-corrected chi connectivity index (χ1v) is 11.4. The highest BCUT2D eigenvalue weighted by Crippen LogP contribution is 2.43. The van der Waals surface area contributed by atoms with E-state index in [2.05, 4.69) is 17.6 Å². The number of carbonyl (C=O) groups is 1. The van der Waals surface area contributed by atoms with Gasteiger partial charge in [0.05, 0.1) is 17.8 Å². The van der Waals surface area contributed by atoms with Gasteiger partial charge in [0.25, 0.3) is 5.91 Å². The molecule has 1 aliphatic heterocycles. The normalized spacial score (nSPS) is 16.1. The predicted octanol–water partition coefficient (Wildman–Crippen LogP) is 5.95. The van der Waals surface area contributed by atoms with Gasteiger partial charge in [-0.05, 0) is 42.9 Å². The monoisotopic (exact) mass is 455 g/mol. The molecule has 1 aliphatic rings. The van der Waals surface area contributed by atoms with Gasteiger partial charge >= 0.3 is 0 Å². The van der Waals surface area contributed by atoms with Crippen molar-refractivity contribution in [1.82, 2.24) is 5.32 Å². The van der Waals surface area contributed by atoms with E-state index in [9.17, 15) is 4.79 Å². The number of nitrogens with one attached hydrogen (secondary N) is 3. The molecule has 0 fully saturated rings. The van der Waals surface area contributed by atoms with Crippen LogP contribution in [0.3, 0.4) is 0 Å². The zero-order chi connectivity index (χ0) is 22.4. The summed E-state index contributed by atoms with van der Waals surface area (Å²) in [5.41, 5.74) is 3.37. The van der Waals surface area contributed by atoms with Gasteiger partial charge in [-0.15, -0.1) is 11.8 Å². The number of allylic oxidation sites excluding steroid dienone is 2. The molecule has 3 rings (SSSR count). The first-order chi connectivity index (χ1) is 15.0. The third-order valence-electron chi connectivity index (χ3n) is 4.99. The number of benzene rings is 2. The number of methoxy groups -OCH3 is 1. The van der Waals surface area contributed by atoms with Crippen LogP contribution in [-0.2, 0) is 4.79 Å². The molecule has 1 atom stereocenters. The molecule has 3 N–H and O–H groups in total. The van der Waals surface area contributed by atoms with Crippen molar-refractivity contribution in [3.8, 4) is 5.75 Å². The quantitative estimate of drug-likeness (QED) is 0.430. The van der Waals surface area contributed by atoms with Crippen LogP contribution in [0.25, 0.3) is 0 Å². The number of hydrogen-bond acceptors (Lipinski definition) is 5. The molecule has 0 aliphatic carbocycles. The lowest BCUT2D eigenvalue weighted by atomic mass is 9.82. The average molecular weight is 456 g/mol. The number of carbonyl (C=O) groups excluding carboxylic acids is 1. The second kappa shape index (κ2) is 10.6. The van der Waals surface area contributed by atoms with Gasteiger partial charge in [0.1, 0.15) is 5.75 Å². The standard InChI is InChI=1S/C24H26ClN3O2S/c1-4-13-31-24-17(14-26)22(16-9-5-6-10-18(16)25)21(15(2)27-24)23(29)28-19-11-7-8-12-20(19)30-3/h5-12,14,22,26-27H,4,13H2,1-3H3,(H,28,29). The van der Waals surface area contributed by atoms with Crippen molar-refractivity contribution in [2.24, 2.45) is 0 Å². The Bertz CT molecular complexity index is 1050. The second-order valence-corrected chi connectivity index (χ2v) is 8.56. The molecule has 0 saturated heterocycles. The molecule has 162 valence electrons. The van der Waals surface area contributed by atoms with Gasteiger partial charge in [0.2, 0.25) is 0 Å². The van der Waals surface area contributed by atoms with Crippen molar-refractivity contribution in [1.29, 1.82) is 5.41 Å². The molecule has 7 heteroatoms. The summed E-state index contributed by atoms with van der Waals surface area (Å²) in [4.78, 5) is 13.5. The van der Waals surface area contributed by atoms with Gasteiger partial charge < -0.3 is 20.8 Å². The SMILES string of the molecule is CCCSC1=C(C=N)C(c2ccccc2Cl)C(C(=O)Nc2ccccc2OC)=C(C)N1. The zero-order valence-corrected chi connectivity index (χ0v) is 19.4. The number of anilines is 1. The van der Waals surface area contributed by atoms with Crippen molar-refractivity contribution in [2.75, 3.05) is 18.2 Å². The van der Waals surface area contributed by atoms with Crippen LogP contribution in [0.5, 0.6) is 5.75 Å². The highest BCUT2D eigenvalue weighted by atomic mass is 35.5. The van der Waals surface area contributed by atoms with Gasteiger partial charge in [-0.1, -0.05) is 48.9 Å². The fraction of sp³-hybridized carbons (Fsp3) is 0.250. The number of para-hydroxylation sites is 2. The van der Waals surface area contributed by atoms with Crippen LogP contribution in [0.1, 0.15) is 31.7 Å². The molecule has 2 aromatic rings. The minimum atomic E-state index is -0.457. The van der Waals surface area contributed by atoms with Crippen molar-refractivity contribution < 1.29 is 9.53 Å². The molecule has 1 amide bonds. The van der Waals surface area contributed by atoms with Crippen LogP contribution in [0.2, 0.25) is 5.02 Å². The summed E-state index contributed by atoms with van der Waals surface area (Å²) in [7, 11) is 1.57. The van der Waals surface area contributed by atoms with E-state index in [1.54, 1.807) is 31.0 Å². The van der Waals surface area contributed by atoms with E-state index in [1.807, 2.05) is 43.3 Å². The topological polar surface area (TPSA) is 74.2 Å². The molecule has 0 radical (unpaired) electrons. The lowest BCUT2D eigenvalue weighted by Crippen LogP contribution is -2.31. The van der Waals surface area contributed by atoms with Gasteiger partial charge in [-0.3, -0.25) is 4.79 Å². The fourth-order valence-electron chi connectivity index (χ4n) is 3.56. The number of thioether (sulfide) groups is 1. The summed E-state index contributed by atoms with van der Waals surface area (Å²) in [6.45, 7) is 4.00. The number of ether oxygens (including phenoxy) is 1. The smallest absolute Gasteiger partial charge is 0.254 e. The van der Waals surface area contributed by atoms with Crippen LogP contribution in [0.4, 0.5) is 5.69 Å². The van der Waals surface area contributed by atoms with Crippen molar-refractivity contribution in [2.45, 2.75) is 26.2 Å². The second-order valence-electron chi connectivity index (χ2n) is 7.05. The summed E-state index contributed by atoms with van der Waals surface area (Å²) in [6, 6.07) is 14.8. The number of halogens is 1. The molecule has 0 saturated carbocycles. The molecule has 5 nitrogen and oxygen atoms in total. The van der Waals surface area contributed by atoms with Crippen LogP contribution < -0.4 is 15.4 Å². The Balaban J connectivity index is 2.09. The maximum absolute atomic E-state index is 13.5. The maximum Gasteiger partial charge on any atom is 0.254 e. The maximum atomic E-state index is 13.5. The van der Waals surface area contributed by atoms with Gasteiger partial charge in [-0.25, -0.2) is 0 Å². The molecular weight excluding hydrogens is 430 g/mol. The Kier molecular flexibility index (Phi) is 7.82. The van der Waals surface area contributed by atoms with Crippen LogP contribution in [0.15, 0.2) is 70.4 Å². The molecule has 0 aromatic heterocycles. The summed E-state index contributed by atoms with van der Waals surface area (Å²) in [5, 5.41) is 15.9. The summed E-state index contributed by atoms with van der Waals surface area (Å²) in [6.07, 6.45) is 2.32. The Morgan fingerprint density at radius 1 is 1.26 bits per heavy atom. The molecule has 2 aromatic carbocycles. The van der Waals surface area contributed by atoms with Gasteiger partial charge in [0, 0.05) is 34.0 Å². The lowest BCUT2D eigenvalue weighted by Gasteiger charge is -2.31. The first kappa shape index (κ1) is 23.0. The van der Waals surface area contributed by atoms with E-state index >= 15 is 0 Å². The van der Waals surface area contributed by atoms with Crippen LogP contribution >= 0.6 is 23.4 Å². The lowest BCUT2D eigenvalue weighted by molar-refractivity contribution is -0.113. The van der Waals surface area contributed by atoms with E-state index < -0.39 is 5.92 Å². The molecule has 0 bridgehead atoms. The summed E-state index contributed by atoms with van der Waals surface area (Å²) < 4.78 is 5.38. The van der Waals surface area contributed by atoms with Crippen molar-refractivity contribution in [3.63, 3.8) is 0 Å². The van der Waals surface area contributed by atoms with Crippen LogP contribution in [0, 0.1) is 5.41 Å². The molecule has 0 spiro atoms. The van der Waals surface area contributed by atoms with E-state index in [-0.39, 0.29) is 5.91 Å².